The quantitative estimate of drug-likeness (QED) is 0.606. The molecule has 0 aliphatic rings. The zero-order chi connectivity index (χ0) is 20.8. The van der Waals surface area contributed by atoms with Gasteiger partial charge in [-0.3, -0.25) is 0 Å². The predicted molar refractivity (Wildman–Crippen MR) is 117 cm³/mol. The van der Waals surface area contributed by atoms with E-state index in [0.717, 1.165) is 34.0 Å². The van der Waals surface area contributed by atoms with Crippen molar-refractivity contribution in [3.63, 3.8) is 0 Å². The fourth-order valence-corrected chi connectivity index (χ4v) is 2.90. The second-order valence-electron chi connectivity index (χ2n) is 6.61. The molecule has 0 atom stereocenters. The van der Waals surface area contributed by atoms with Gasteiger partial charge in [0.25, 0.3) is 0 Å². The van der Waals surface area contributed by atoms with Crippen LogP contribution in [-0.2, 0) is 14.1 Å². The third-order valence-electron chi connectivity index (χ3n) is 4.77. The molecule has 1 aromatic heterocycles. The molecule has 0 unspecified atom stereocenters. The van der Waals surface area contributed by atoms with Crippen LogP contribution in [0.1, 0.15) is 22.5 Å². The molecule has 3 aromatic rings. The van der Waals surface area contributed by atoms with Crippen molar-refractivity contribution in [1.29, 1.82) is 0 Å². The van der Waals surface area contributed by atoms with Crippen molar-refractivity contribution in [1.82, 2.24) is 4.57 Å². The van der Waals surface area contributed by atoms with Crippen LogP contribution in [0.5, 0.6) is 11.5 Å². The van der Waals surface area contributed by atoms with E-state index in [-0.39, 0.29) is 5.69 Å². The minimum atomic E-state index is -0.0868. The molecular weight excluding hydrogens is 364 g/mol. The van der Waals surface area contributed by atoms with Crippen molar-refractivity contribution < 1.29 is 14.0 Å². The Labute approximate surface area is 170 Å². The molecule has 2 aromatic carbocycles. The van der Waals surface area contributed by atoms with E-state index in [4.69, 9.17) is 9.47 Å². The molecule has 0 aliphatic heterocycles. The lowest BCUT2D eigenvalue weighted by Gasteiger charge is -2.03. The van der Waals surface area contributed by atoms with Gasteiger partial charge in [0.2, 0.25) is 0 Å². The van der Waals surface area contributed by atoms with Gasteiger partial charge >= 0.3 is 5.69 Å². The Morgan fingerprint density at radius 2 is 1.28 bits per heavy atom. The average molecular weight is 389 g/mol. The normalized spacial score (nSPS) is 11.3. The molecule has 0 saturated heterocycles. The first-order valence-electron chi connectivity index (χ1n) is 9.26. The summed E-state index contributed by atoms with van der Waals surface area (Å²) in [6.45, 7) is 0. The van der Waals surface area contributed by atoms with Gasteiger partial charge in [-0.25, -0.2) is 0 Å². The number of ether oxygens (including phenoxy) is 2. The summed E-state index contributed by atoms with van der Waals surface area (Å²) in [5.41, 5.74) is 3.61. The minimum Gasteiger partial charge on any atom is -0.497 e. The zero-order valence-electron chi connectivity index (χ0n) is 17.1. The number of benzene rings is 2. The van der Waals surface area contributed by atoms with E-state index >= 15 is 0 Å². The molecule has 148 valence electrons. The Balaban J connectivity index is 1.90. The Hall–Kier alpha value is -3.60. The smallest absolute Gasteiger partial charge is 0.497 e. The highest BCUT2D eigenvalue weighted by molar-refractivity contribution is 5.71. The molecule has 5 heteroatoms. The molecule has 0 fully saturated rings. The van der Waals surface area contributed by atoms with E-state index in [9.17, 15) is 4.79 Å². The first kappa shape index (κ1) is 20.1. The van der Waals surface area contributed by atoms with Gasteiger partial charge in [0.15, 0.2) is 0 Å². The number of hydrogen-bond donors (Lipinski definition) is 0. The van der Waals surface area contributed by atoms with Crippen molar-refractivity contribution in [2.75, 3.05) is 14.2 Å². The van der Waals surface area contributed by atoms with Crippen LogP contribution in [0.3, 0.4) is 0 Å². The lowest BCUT2D eigenvalue weighted by atomic mass is 10.1. The van der Waals surface area contributed by atoms with Crippen molar-refractivity contribution >= 4 is 24.3 Å². The van der Waals surface area contributed by atoms with E-state index in [1.165, 1.54) is 0 Å². The highest BCUT2D eigenvalue weighted by atomic mass is 16.5. The molecule has 29 heavy (non-hydrogen) atoms. The maximum Gasteiger partial charge on any atom is 0.498 e. The lowest BCUT2D eigenvalue weighted by Crippen LogP contribution is -2.53. The number of hydrogen-bond acceptors (Lipinski definition) is 3. The SMILES string of the molecule is COc1ccc(C=Cc2cc(C=Cc3ccc(OC)cc3)[n+](C)c(=O)n2C)cc1. The fourth-order valence-electron chi connectivity index (χ4n) is 2.90. The van der Waals surface area contributed by atoms with Crippen LogP contribution < -0.4 is 19.7 Å². The van der Waals surface area contributed by atoms with Crippen LogP contribution in [0.25, 0.3) is 24.3 Å². The standard InChI is InChI=1S/C24H25N2O3/c1-25-20(11-5-18-7-13-22(28-3)14-8-18)17-21(26(2)24(25)27)12-6-19-9-15-23(29-4)16-10-19/h5-17H,1-4H3/q+1. The monoisotopic (exact) mass is 389 g/mol. The van der Waals surface area contributed by atoms with Crippen LogP contribution in [0.15, 0.2) is 59.4 Å². The first-order chi connectivity index (χ1) is 14.0. The van der Waals surface area contributed by atoms with Crippen LogP contribution in [0, 0.1) is 0 Å². The Kier molecular flexibility index (Phi) is 6.29. The van der Waals surface area contributed by atoms with Gasteiger partial charge in [0.05, 0.1) is 28.3 Å². The summed E-state index contributed by atoms with van der Waals surface area (Å²) in [5, 5.41) is 0. The van der Waals surface area contributed by atoms with Crippen molar-refractivity contribution in [3.05, 3.63) is 87.6 Å². The van der Waals surface area contributed by atoms with Crippen molar-refractivity contribution in [2.45, 2.75) is 0 Å². The predicted octanol–water partition coefficient (Wildman–Crippen LogP) is 3.57. The summed E-state index contributed by atoms with van der Waals surface area (Å²) in [6, 6.07) is 17.5. The van der Waals surface area contributed by atoms with Crippen molar-refractivity contribution in [3.8, 4) is 11.5 Å². The van der Waals surface area contributed by atoms with Crippen LogP contribution in [-0.4, -0.2) is 18.8 Å². The summed E-state index contributed by atoms with van der Waals surface area (Å²) >= 11 is 0. The average Bonchev–Trinajstić information content (AvgIpc) is 2.77. The van der Waals surface area contributed by atoms with E-state index in [1.807, 2.05) is 78.9 Å². The summed E-state index contributed by atoms with van der Waals surface area (Å²) in [6.07, 6.45) is 7.83. The van der Waals surface area contributed by atoms with E-state index in [1.54, 1.807) is 37.4 Å². The third-order valence-corrected chi connectivity index (χ3v) is 4.77. The Morgan fingerprint density at radius 3 is 1.76 bits per heavy atom. The van der Waals surface area contributed by atoms with Crippen LogP contribution in [0.4, 0.5) is 0 Å². The van der Waals surface area contributed by atoms with Crippen LogP contribution in [0.2, 0.25) is 0 Å². The second-order valence-corrected chi connectivity index (χ2v) is 6.61. The van der Waals surface area contributed by atoms with Gasteiger partial charge in [-0.05, 0) is 47.5 Å². The second kappa shape index (κ2) is 9.06. The molecule has 0 spiro atoms. The largest absolute Gasteiger partial charge is 0.498 e. The highest BCUT2D eigenvalue weighted by Gasteiger charge is 2.12. The van der Waals surface area contributed by atoms with Gasteiger partial charge in [-0.1, -0.05) is 36.4 Å². The lowest BCUT2D eigenvalue weighted by molar-refractivity contribution is -0.692. The number of nitrogens with zero attached hydrogens (tertiary/aromatic N) is 2. The van der Waals surface area contributed by atoms with Gasteiger partial charge in [0, 0.05) is 6.07 Å². The van der Waals surface area contributed by atoms with Crippen molar-refractivity contribution in [2.24, 2.45) is 14.1 Å². The molecule has 0 N–H and O–H groups in total. The van der Waals surface area contributed by atoms with Gasteiger partial charge < -0.3 is 9.47 Å². The van der Waals surface area contributed by atoms with E-state index in [0.29, 0.717) is 0 Å². The summed E-state index contributed by atoms with van der Waals surface area (Å²) in [4.78, 5) is 12.6. The molecule has 0 radical (unpaired) electrons. The third kappa shape index (κ3) is 4.82. The highest BCUT2D eigenvalue weighted by Crippen LogP contribution is 2.15. The number of aromatic nitrogens is 2. The van der Waals surface area contributed by atoms with E-state index < -0.39 is 0 Å². The fraction of sp³-hybridized carbons (Fsp3) is 0.167. The molecule has 0 aliphatic carbocycles. The summed E-state index contributed by atoms with van der Waals surface area (Å²) < 4.78 is 13.6. The molecule has 0 amide bonds. The molecule has 1 heterocycles. The summed E-state index contributed by atoms with van der Waals surface area (Å²) in [7, 11) is 6.83. The van der Waals surface area contributed by atoms with Gasteiger partial charge in [-0.2, -0.15) is 13.9 Å². The van der Waals surface area contributed by atoms with Gasteiger partial charge in [0.1, 0.15) is 22.9 Å². The maximum absolute atomic E-state index is 12.6. The molecule has 0 saturated carbocycles. The van der Waals surface area contributed by atoms with E-state index in [2.05, 4.69) is 0 Å². The first-order valence-corrected chi connectivity index (χ1v) is 9.26. The molecular formula is C24H25N2O3+. The number of rotatable bonds is 6. The topological polar surface area (TPSA) is 44.3 Å². The Morgan fingerprint density at radius 1 is 0.793 bits per heavy atom. The van der Waals surface area contributed by atoms with Crippen LogP contribution >= 0.6 is 0 Å². The zero-order valence-corrected chi connectivity index (χ0v) is 17.1. The van der Waals surface area contributed by atoms with Gasteiger partial charge in [-0.15, -0.1) is 0 Å². The number of methoxy groups -OCH3 is 2. The molecule has 0 bridgehead atoms. The molecule has 3 rings (SSSR count). The maximum atomic E-state index is 12.6. The molecule has 5 nitrogen and oxygen atoms in total. The summed E-state index contributed by atoms with van der Waals surface area (Å²) in [5.74, 6) is 1.62. The minimum absolute atomic E-state index is 0.0868. The Bertz CT molecular complexity index is 1010.